The Bertz CT molecular complexity index is 1420. The normalized spacial score (nSPS) is 16.1. The fourth-order valence-electron chi connectivity index (χ4n) is 4.46. The lowest BCUT2D eigenvalue weighted by atomic mass is 9.91. The number of aromatic nitrogens is 5. The van der Waals surface area contributed by atoms with Gasteiger partial charge < -0.3 is 10.3 Å². The molecule has 0 spiro atoms. The maximum atomic E-state index is 12.5. The largest absolute Gasteiger partial charge is 0.358 e. The van der Waals surface area contributed by atoms with Gasteiger partial charge in [-0.3, -0.25) is 15.2 Å². The Morgan fingerprint density at radius 1 is 1.21 bits per heavy atom. The number of hydrogen-bond acceptors (Lipinski definition) is 5. The minimum absolute atomic E-state index is 0.00984. The molecular weight excluding hydrogens is 420 g/mol. The molecule has 0 saturated carbocycles. The van der Waals surface area contributed by atoms with Gasteiger partial charge in [-0.25, -0.2) is 14.9 Å². The van der Waals surface area contributed by atoms with Gasteiger partial charge in [-0.1, -0.05) is 11.6 Å². The molecule has 1 aromatic carbocycles. The number of anilines is 1. The molecule has 1 aliphatic carbocycles. The molecule has 1 unspecified atom stereocenters. The maximum Gasteiger partial charge on any atom is 0.333 e. The zero-order chi connectivity index (χ0) is 23.3. The van der Waals surface area contributed by atoms with Crippen LogP contribution in [0.3, 0.4) is 0 Å². The monoisotopic (exact) mass is 448 g/mol. The first kappa shape index (κ1) is 21.0. The van der Waals surface area contributed by atoms with Gasteiger partial charge in [0.15, 0.2) is 5.65 Å². The van der Waals surface area contributed by atoms with Gasteiger partial charge in [0.2, 0.25) is 5.95 Å². The van der Waals surface area contributed by atoms with Gasteiger partial charge in [-0.05, 0) is 64.7 Å². The van der Waals surface area contributed by atoms with Crippen LogP contribution in [0.1, 0.15) is 44.0 Å². The zero-order valence-electron chi connectivity index (χ0n) is 19.2. The van der Waals surface area contributed by atoms with E-state index < -0.39 is 0 Å². The van der Waals surface area contributed by atoms with Crippen molar-refractivity contribution < 1.29 is 4.79 Å². The first-order valence-corrected chi connectivity index (χ1v) is 11.1. The molecule has 3 heterocycles. The summed E-state index contributed by atoms with van der Waals surface area (Å²) in [7, 11) is 0. The average molecular weight is 449 g/mol. The van der Waals surface area contributed by atoms with E-state index in [1.165, 1.54) is 28.4 Å². The number of carbonyl (C=O) groups is 1. The van der Waals surface area contributed by atoms with Crippen molar-refractivity contribution in [2.24, 2.45) is 0 Å². The van der Waals surface area contributed by atoms with Crippen molar-refractivity contribution in [3.05, 3.63) is 51.6 Å². The predicted octanol–water partition coefficient (Wildman–Crippen LogP) is 2.85. The number of fused-ring (bicyclic) bond motifs is 4. The number of hydrazine groups is 1. The van der Waals surface area contributed by atoms with Gasteiger partial charge in [-0.2, -0.15) is 10.1 Å². The third-order valence-electron chi connectivity index (χ3n) is 6.05. The predicted molar refractivity (Wildman–Crippen MR) is 127 cm³/mol. The van der Waals surface area contributed by atoms with Crippen LogP contribution in [-0.2, 0) is 18.4 Å². The van der Waals surface area contributed by atoms with Gasteiger partial charge >= 0.3 is 6.03 Å². The summed E-state index contributed by atoms with van der Waals surface area (Å²) in [6.07, 6.45) is 3.99. The van der Waals surface area contributed by atoms with E-state index in [1.54, 1.807) is 4.68 Å². The minimum Gasteiger partial charge on any atom is -0.358 e. The lowest BCUT2D eigenvalue weighted by Crippen LogP contribution is -2.46. The Labute approximate surface area is 190 Å². The number of urea groups is 1. The van der Waals surface area contributed by atoms with Crippen LogP contribution in [0.15, 0.2) is 29.2 Å². The summed E-state index contributed by atoms with van der Waals surface area (Å²) >= 11 is 0. The second kappa shape index (κ2) is 7.65. The molecule has 0 fully saturated rings. The third-order valence-corrected chi connectivity index (χ3v) is 6.05. The zero-order valence-corrected chi connectivity index (χ0v) is 19.2. The topological polar surface area (TPSA) is 133 Å². The van der Waals surface area contributed by atoms with Gasteiger partial charge in [0, 0.05) is 22.6 Å². The Balaban J connectivity index is 1.27. The first-order valence-electron chi connectivity index (χ1n) is 11.1. The average Bonchev–Trinajstić information content (AvgIpc) is 3.34. The molecule has 0 bridgehead atoms. The molecule has 0 aliphatic heterocycles. The summed E-state index contributed by atoms with van der Waals surface area (Å²) in [4.78, 5) is 35.5. The summed E-state index contributed by atoms with van der Waals surface area (Å²) in [5.41, 5.74) is 9.94. The summed E-state index contributed by atoms with van der Waals surface area (Å²) < 4.78 is 1.69. The molecule has 5 N–H and O–H groups in total. The van der Waals surface area contributed by atoms with Crippen LogP contribution in [0.25, 0.3) is 21.9 Å². The second-order valence-corrected chi connectivity index (χ2v) is 9.67. The molecule has 172 valence electrons. The maximum absolute atomic E-state index is 12.5. The Hall–Kier alpha value is -3.82. The Morgan fingerprint density at radius 3 is 2.82 bits per heavy atom. The first-order chi connectivity index (χ1) is 15.7. The highest BCUT2D eigenvalue weighted by Gasteiger charge is 2.24. The van der Waals surface area contributed by atoms with E-state index in [4.69, 9.17) is 0 Å². The van der Waals surface area contributed by atoms with E-state index in [2.05, 4.69) is 61.3 Å². The molecule has 10 heteroatoms. The third kappa shape index (κ3) is 3.92. The lowest BCUT2D eigenvalue weighted by molar-refractivity contribution is 0.237. The fourth-order valence-corrected chi connectivity index (χ4v) is 4.46. The number of H-pyrrole nitrogens is 2. The van der Waals surface area contributed by atoms with Gasteiger partial charge in [-0.15, -0.1) is 0 Å². The van der Waals surface area contributed by atoms with Gasteiger partial charge in [0.1, 0.15) is 5.39 Å². The standard InChI is InChI=1S/C23H28N8O2/c1-12-5-7-17-14(9-12)15-10-13(6-8-18(15)26-17)25-22(33)30-29-21-27-19-16(20(32)28-21)11-24-31(19)23(2,3)4/h5,7,9,11,13,26H,6,8,10H2,1-4H3,(H2,25,30,33)(H2,27,28,29,32). The molecular formula is C23H28N8O2. The van der Waals surface area contributed by atoms with Gasteiger partial charge in [0.05, 0.1) is 11.7 Å². The van der Waals surface area contributed by atoms with Crippen molar-refractivity contribution in [3.63, 3.8) is 0 Å². The van der Waals surface area contributed by atoms with Crippen LogP contribution in [0.2, 0.25) is 0 Å². The highest BCUT2D eigenvalue weighted by Crippen LogP contribution is 2.30. The van der Waals surface area contributed by atoms with E-state index in [1.807, 2.05) is 20.8 Å². The minimum atomic E-state index is -0.383. The number of nitrogens with one attached hydrogen (secondary N) is 5. The summed E-state index contributed by atoms with van der Waals surface area (Å²) in [6.45, 7) is 8.02. The summed E-state index contributed by atoms with van der Waals surface area (Å²) in [6, 6.07) is 6.03. The summed E-state index contributed by atoms with van der Waals surface area (Å²) in [5.74, 6) is 0.145. The Kier molecular flexibility index (Phi) is 4.88. The molecule has 33 heavy (non-hydrogen) atoms. The van der Waals surface area contributed by atoms with E-state index >= 15 is 0 Å². The SMILES string of the molecule is Cc1ccc2[nH]c3c(c2c1)CC(NC(=O)NNc1nc2c(cnn2C(C)(C)C)c(=O)[nH]1)CC3. The Morgan fingerprint density at radius 2 is 2.03 bits per heavy atom. The number of rotatable bonds is 3. The molecule has 0 radical (unpaired) electrons. The van der Waals surface area contributed by atoms with Crippen molar-refractivity contribution in [2.75, 3.05) is 5.43 Å². The van der Waals surface area contributed by atoms with Crippen molar-refractivity contribution in [1.82, 2.24) is 35.5 Å². The van der Waals surface area contributed by atoms with E-state index in [9.17, 15) is 9.59 Å². The molecule has 1 aliphatic rings. The lowest BCUT2D eigenvalue weighted by Gasteiger charge is -2.24. The van der Waals surface area contributed by atoms with Crippen molar-refractivity contribution in [2.45, 2.75) is 58.5 Å². The smallest absolute Gasteiger partial charge is 0.333 e. The number of hydrogen-bond donors (Lipinski definition) is 5. The summed E-state index contributed by atoms with van der Waals surface area (Å²) in [5, 5.41) is 8.92. The van der Waals surface area contributed by atoms with Crippen LogP contribution < -0.4 is 21.7 Å². The van der Waals surface area contributed by atoms with Crippen molar-refractivity contribution in [3.8, 4) is 0 Å². The van der Waals surface area contributed by atoms with Crippen molar-refractivity contribution in [1.29, 1.82) is 0 Å². The van der Waals surface area contributed by atoms with Crippen LogP contribution in [0.4, 0.5) is 10.7 Å². The molecule has 3 aromatic heterocycles. The van der Waals surface area contributed by atoms with E-state index in [-0.39, 0.29) is 29.1 Å². The number of aryl methyl sites for hydroxylation is 2. The van der Waals surface area contributed by atoms with Crippen LogP contribution >= 0.6 is 0 Å². The van der Waals surface area contributed by atoms with Crippen LogP contribution in [-0.4, -0.2) is 36.8 Å². The molecule has 4 aromatic rings. The number of carbonyl (C=O) groups excluding carboxylic acids is 1. The highest BCUT2D eigenvalue weighted by atomic mass is 16.2. The molecule has 10 nitrogen and oxygen atoms in total. The van der Waals surface area contributed by atoms with Crippen molar-refractivity contribution >= 4 is 33.9 Å². The molecule has 2 amide bonds. The molecule has 1 atom stereocenters. The van der Waals surface area contributed by atoms with E-state index in [0.717, 1.165) is 24.8 Å². The van der Waals surface area contributed by atoms with Crippen LogP contribution in [0.5, 0.6) is 0 Å². The molecule has 0 saturated heterocycles. The fraction of sp³-hybridized carbons (Fsp3) is 0.391. The van der Waals surface area contributed by atoms with Crippen LogP contribution in [0, 0.1) is 6.92 Å². The highest BCUT2D eigenvalue weighted by molar-refractivity contribution is 5.86. The quantitative estimate of drug-likeness (QED) is 0.308. The van der Waals surface area contributed by atoms with E-state index in [0.29, 0.717) is 11.0 Å². The number of nitrogens with zero attached hydrogens (tertiary/aromatic N) is 3. The molecule has 5 rings (SSSR count). The number of benzene rings is 1. The second-order valence-electron chi connectivity index (χ2n) is 9.67. The van der Waals surface area contributed by atoms with Gasteiger partial charge in [0.25, 0.3) is 5.56 Å². The number of amides is 2. The number of aromatic amines is 2.